The minimum atomic E-state index is -0.108. The van der Waals surface area contributed by atoms with Crippen LogP contribution in [0.4, 0.5) is 0 Å². The van der Waals surface area contributed by atoms with Gasteiger partial charge in [-0.15, -0.1) is 0 Å². The van der Waals surface area contributed by atoms with Gasteiger partial charge in [-0.25, -0.2) is 0 Å². The molecule has 25 heavy (non-hydrogen) atoms. The highest BCUT2D eigenvalue weighted by molar-refractivity contribution is 5.76. The molecule has 5 rings (SSSR count). The average Bonchev–Trinajstić information content (AvgIpc) is 2.97. The van der Waals surface area contributed by atoms with Gasteiger partial charge in [-0.3, -0.25) is 4.79 Å². The number of nitrogens with one attached hydrogen (secondary N) is 1. The summed E-state index contributed by atoms with van der Waals surface area (Å²) in [4.78, 5) is 12.5. The first-order chi connectivity index (χ1) is 12.1. The van der Waals surface area contributed by atoms with E-state index >= 15 is 0 Å². The second kappa shape index (κ2) is 5.34. The van der Waals surface area contributed by atoms with Crippen LogP contribution in [0.5, 0.6) is 0 Å². The van der Waals surface area contributed by atoms with Gasteiger partial charge in [0.25, 0.3) is 0 Å². The Balaban J connectivity index is 1.33. The van der Waals surface area contributed by atoms with Gasteiger partial charge in [0, 0.05) is 17.9 Å². The predicted octanol–water partition coefficient (Wildman–Crippen LogP) is 2.89. The maximum Gasteiger partial charge on any atom is 0.311 e. The second-order valence-electron chi connectivity index (χ2n) is 8.76. The zero-order valence-electron chi connectivity index (χ0n) is 15.0. The van der Waals surface area contributed by atoms with Gasteiger partial charge >= 0.3 is 5.97 Å². The van der Waals surface area contributed by atoms with Crippen molar-refractivity contribution in [2.45, 2.75) is 63.9 Å². The van der Waals surface area contributed by atoms with Crippen molar-refractivity contribution >= 4 is 5.97 Å². The molecular formula is C20H27NO4. The number of hydrogen-bond acceptors (Lipinski definition) is 5. The Bertz CT molecular complexity index is 673. The van der Waals surface area contributed by atoms with Gasteiger partial charge in [0.1, 0.15) is 17.5 Å². The van der Waals surface area contributed by atoms with Crippen molar-refractivity contribution in [3.63, 3.8) is 0 Å². The molecule has 1 spiro atoms. The molecule has 4 aliphatic rings. The van der Waals surface area contributed by atoms with E-state index in [0.717, 1.165) is 12.2 Å². The summed E-state index contributed by atoms with van der Waals surface area (Å²) < 4.78 is 17.6. The fraction of sp³-hybridized carbons (Fsp3) is 0.750. The molecule has 2 aliphatic carbocycles. The highest BCUT2D eigenvalue weighted by atomic mass is 16.6. The van der Waals surface area contributed by atoms with E-state index in [1.54, 1.807) is 6.26 Å². The predicted molar refractivity (Wildman–Crippen MR) is 90.6 cm³/mol. The Morgan fingerprint density at radius 2 is 2.28 bits per heavy atom. The number of epoxide rings is 1. The Morgan fingerprint density at radius 1 is 1.40 bits per heavy atom. The molecule has 3 heterocycles. The highest BCUT2D eigenvalue weighted by Gasteiger charge is 2.78. The number of fused-ring (bicyclic) bond motifs is 2. The van der Waals surface area contributed by atoms with Crippen molar-refractivity contribution in [3.8, 4) is 0 Å². The molecule has 0 aromatic carbocycles. The van der Waals surface area contributed by atoms with Crippen LogP contribution in [0.15, 0.2) is 22.8 Å². The number of carbonyl (C=O) groups is 1. The van der Waals surface area contributed by atoms with Gasteiger partial charge in [-0.2, -0.15) is 0 Å². The van der Waals surface area contributed by atoms with Gasteiger partial charge in [0.15, 0.2) is 0 Å². The molecule has 0 radical (unpaired) electrons. The lowest BCUT2D eigenvalue weighted by Crippen LogP contribution is -2.54. The summed E-state index contributed by atoms with van der Waals surface area (Å²) in [5, 5.41) is 3.37. The van der Waals surface area contributed by atoms with Crippen molar-refractivity contribution in [1.29, 1.82) is 0 Å². The molecular weight excluding hydrogens is 318 g/mol. The van der Waals surface area contributed by atoms with Gasteiger partial charge in [-0.05, 0) is 37.3 Å². The fourth-order valence-corrected chi connectivity index (χ4v) is 6.23. The summed E-state index contributed by atoms with van der Waals surface area (Å²) in [6.07, 6.45) is 6.53. The molecule has 0 unspecified atom stereocenters. The Hall–Kier alpha value is -1.33. The smallest absolute Gasteiger partial charge is 0.311 e. The van der Waals surface area contributed by atoms with Gasteiger partial charge in [-0.1, -0.05) is 20.3 Å². The van der Waals surface area contributed by atoms with Crippen LogP contribution in [-0.4, -0.2) is 30.3 Å². The van der Waals surface area contributed by atoms with E-state index in [9.17, 15) is 4.79 Å². The fourth-order valence-electron chi connectivity index (χ4n) is 6.23. The van der Waals surface area contributed by atoms with Crippen molar-refractivity contribution < 1.29 is 18.7 Å². The van der Waals surface area contributed by atoms with Crippen molar-refractivity contribution in [1.82, 2.24) is 5.32 Å². The van der Waals surface area contributed by atoms with Crippen LogP contribution in [0.3, 0.4) is 0 Å². The number of ether oxygens (including phenoxy) is 2. The van der Waals surface area contributed by atoms with Gasteiger partial charge in [0.05, 0.1) is 24.8 Å². The molecule has 7 atom stereocenters. The van der Waals surface area contributed by atoms with Gasteiger partial charge in [0.2, 0.25) is 0 Å². The minimum absolute atomic E-state index is 0.0142. The van der Waals surface area contributed by atoms with Crippen molar-refractivity contribution in [3.05, 3.63) is 24.2 Å². The molecule has 136 valence electrons. The largest absolute Gasteiger partial charge is 0.468 e. The van der Waals surface area contributed by atoms with Crippen LogP contribution in [0.1, 0.15) is 45.3 Å². The van der Waals surface area contributed by atoms with Crippen LogP contribution >= 0.6 is 0 Å². The standard InChI is InChI=1S/C20H27NO4/c1-12-5-3-7-19(2)9-15-16(17-20(12,19)25-17)14(18(22)24-15)11-21-10-13-6-4-8-23-13/h4,6,8,12,14-17,21H,3,5,7,9-11H2,1-2H3/t12-,14+,15+,16+,17-,19+,20-/m0/s1. The average molecular weight is 345 g/mol. The number of furan rings is 1. The second-order valence-corrected chi connectivity index (χ2v) is 8.76. The summed E-state index contributed by atoms with van der Waals surface area (Å²) >= 11 is 0. The van der Waals surface area contributed by atoms with Gasteiger partial charge < -0.3 is 19.2 Å². The molecule has 1 aromatic rings. The summed E-state index contributed by atoms with van der Waals surface area (Å²) in [7, 11) is 0. The van der Waals surface area contributed by atoms with Crippen LogP contribution in [-0.2, 0) is 20.8 Å². The maximum absolute atomic E-state index is 12.5. The topological polar surface area (TPSA) is 64.0 Å². The van der Waals surface area contributed by atoms with Crippen LogP contribution < -0.4 is 5.32 Å². The number of carbonyl (C=O) groups excluding carboxylic acids is 1. The summed E-state index contributed by atoms with van der Waals surface area (Å²) in [5.74, 6) is 1.50. The molecule has 0 bridgehead atoms. The van der Waals surface area contributed by atoms with Crippen LogP contribution in [0.25, 0.3) is 0 Å². The lowest BCUT2D eigenvalue weighted by atomic mass is 9.53. The number of hydrogen-bond donors (Lipinski definition) is 1. The molecule has 2 aliphatic heterocycles. The monoisotopic (exact) mass is 345 g/mol. The minimum Gasteiger partial charge on any atom is -0.468 e. The molecule has 4 fully saturated rings. The number of esters is 1. The van der Waals surface area contributed by atoms with E-state index in [0.29, 0.717) is 19.0 Å². The number of rotatable bonds is 4. The van der Waals surface area contributed by atoms with E-state index in [2.05, 4.69) is 19.2 Å². The Morgan fingerprint density at radius 3 is 3.08 bits per heavy atom. The maximum atomic E-state index is 12.5. The highest BCUT2D eigenvalue weighted by Crippen LogP contribution is 2.70. The third-order valence-corrected chi connectivity index (χ3v) is 7.44. The Kier molecular flexibility index (Phi) is 3.39. The first-order valence-corrected chi connectivity index (χ1v) is 9.66. The van der Waals surface area contributed by atoms with Crippen molar-refractivity contribution in [2.24, 2.45) is 23.2 Å². The molecule has 5 heteroatoms. The van der Waals surface area contributed by atoms with E-state index in [4.69, 9.17) is 13.9 Å². The molecule has 1 aromatic heterocycles. The SMILES string of the molecule is C[C@H]1CCC[C@]2(C)C[C@H]3OC(=O)[C@H](CNCc4ccco4)[C@H]3[C@@H]3O[C@@]132. The lowest BCUT2D eigenvalue weighted by Gasteiger charge is -2.48. The third-order valence-electron chi connectivity index (χ3n) is 7.44. The third kappa shape index (κ3) is 2.12. The first-order valence-electron chi connectivity index (χ1n) is 9.66. The van der Waals surface area contributed by atoms with Crippen molar-refractivity contribution in [2.75, 3.05) is 6.54 Å². The van der Waals surface area contributed by atoms with E-state index in [-0.39, 0.29) is 41.0 Å². The molecule has 0 amide bonds. The molecule has 1 N–H and O–H groups in total. The quantitative estimate of drug-likeness (QED) is 0.671. The zero-order chi connectivity index (χ0) is 17.2. The molecule has 5 nitrogen and oxygen atoms in total. The van der Waals surface area contributed by atoms with E-state index < -0.39 is 0 Å². The summed E-state index contributed by atoms with van der Waals surface area (Å²) in [6.45, 7) is 5.95. The molecule has 2 saturated carbocycles. The first kappa shape index (κ1) is 15.9. The van der Waals surface area contributed by atoms with Crippen LogP contribution in [0.2, 0.25) is 0 Å². The summed E-state index contributed by atoms with van der Waals surface area (Å²) in [6, 6.07) is 3.82. The van der Waals surface area contributed by atoms with E-state index in [1.165, 1.54) is 19.3 Å². The van der Waals surface area contributed by atoms with E-state index in [1.807, 2.05) is 12.1 Å². The van der Waals surface area contributed by atoms with Crippen LogP contribution in [0, 0.1) is 23.2 Å². The lowest BCUT2D eigenvalue weighted by molar-refractivity contribution is -0.146. The normalized spacial score (nSPS) is 47.6. The Labute approximate surface area is 148 Å². The summed E-state index contributed by atoms with van der Waals surface area (Å²) in [5.41, 5.74) is 0.146. The zero-order valence-corrected chi connectivity index (χ0v) is 15.0. The molecule has 2 saturated heterocycles.